The first kappa shape index (κ1) is 23.3. The summed E-state index contributed by atoms with van der Waals surface area (Å²) >= 11 is 0. The van der Waals surface area contributed by atoms with Crippen molar-refractivity contribution in [2.24, 2.45) is 0 Å². The van der Waals surface area contributed by atoms with E-state index in [1.165, 1.54) is 17.1 Å². The lowest BCUT2D eigenvalue weighted by Crippen LogP contribution is -2.33. The van der Waals surface area contributed by atoms with Gasteiger partial charge in [-0.25, -0.2) is 0 Å². The molecule has 33 heavy (non-hydrogen) atoms. The monoisotopic (exact) mass is 451 g/mol. The first-order valence-electron chi connectivity index (χ1n) is 10.2. The number of hydrogen-bond acceptors (Lipinski definition) is 6. The number of carbonyl (C=O) groups is 3. The maximum absolute atomic E-state index is 12.4. The van der Waals surface area contributed by atoms with Gasteiger partial charge >= 0.3 is 0 Å². The molecule has 3 N–H and O–H groups in total. The van der Waals surface area contributed by atoms with E-state index >= 15 is 0 Å². The minimum absolute atomic E-state index is 0.0349. The lowest BCUT2D eigenvalue weighted by atomic mass is 10.2. The van der Waals surface area contributed by atoms with Crippen LogP contribution in [0.25, 0.3) is 0 Å². The van der Waals surface area contributed by atoms with Gasteiger partial charge in [-0.15, -0.1) is 0 Å². The van der Waals surface area contributed by atoms with Gasteiger partial charge in [0.25, 0.3) is 5.91 Å². The quantitative estimate of drug-likeness (QED) is 0.435. The molecule has 10 heteroatoms. The van der Waals surface area contributed by atoms with Crippen LogP contribution >= 0.6 is 0 Å². The molecule has 0 bridgehead atoms. The van der Waals surface area contributed by atoms with Gasteiger partial charge in [0.2, 0.25) is 11.8 Å². The summed E-state index contributed by atoms with van der Waals surface area (Å²) in [5, 5.41) is 12.0. The Hall–Kier alpha value is -4.34. The predicted octanol–water partition coefficient (Wildman–Crippen LogP) is 2.30. The summed E-state index contributed by atoms with van der Waals surface area (Å²) in [6.45, 7) is 1.98. The van der Waals surface area contributed by atoms with Gasteiger partial charge in [0.1, 0.15) is 18.0 Å². The van der Waals surface area contributed by atoms with Crippen molar-refractivity contribution in [3.8, 4) is 11.5 Å². The van der Waals surface area contributed by atoms with E-state index in [2.05, 4.69) is 21.0 Å². The second kappa shape index (κ2) is 11.3. The van der Waals surface area contributed by atoms with Gasteiger partial charge in [0.15, 0.2) is 0 Å². The number of nitrogens with zero attached hydrogens (tertiary/aromatic N) is 2. The standard InChI is InChI=1S/C23H25N5O5/c1-3-33-20-7-5-4-6-19(20)23(31)24-13-21(29)27-17-12-25-28(14-17)15-22(30)26-16-8-10-18(32-2)11-9-16/h4-12,14H,3,13,15H2,1-2H3,(H,24,31)(H,26,30)(H,27,29). The Labute approximate surface area is 190 Å². The van der Waals surface area contributed by atoms with Gasteiger partial charge in [-0.2, -0.15) is 5.10 Å². The third-order valence-electron chi connectivity index (χ3n) is 4.44. The van der Waals surface area contributed by atoms with Crippen LogP contribution in [0, 0.1) is 0 Å². The molecule has 2 aromatic carbocycles. The Morgan fingerprint density at radius 3 is 2.42 bits per heavy atom. The number of methoxy groups -OCH3 is 1. The highest BCUT2D eigenvalue weighted by Gasteiger charge is 2.14. The van der Waals surface area contributed by atoms with Crippen LogP contribution < -0.4 is 25.4 Å². The highest BCUT2D eigenvalue weighted by Crippen LogP contribution is 2.18. The highest BCUT2D eigenvalue weighted by molar-refractivity contribution is 6.00. The van der Waals surface area contributed by atoms with Crippen LogP contribution in [-0.4, -0.2) is 47.8 Å². The fourth-order valence-electron chi connectivity index (χ4n) is 2.93. The number of nitrogens with one attached hydrogen (secondary N) is 3. The molecule has 0 aliphatic carbocycles. The van der Waals surface area contributed by atoms with Crippen molar-refractivity contribution in [2.45, 2.75) is 13.5 Å². The second-order valence-corrected chi connectivity index (χ2v) is 6.86. The third-order valence-corrected chi connectivity index (χ3v) is 4.44. The van der Waals surface area contributed by atoms with Crippen LogP contribution in [0.3, 0.4) is 0 Å². The molecule has 0 radical (unpaired) electrons. The van der Waals surface area contributed by atoms with Crippen molar-refractivity contribution in [2.75, 3.05) is 30.9 Å². The Morgan fingerprint density at radius 1 is 0.970 bits per heavy atom. The van der Waals surface area contributed by atoms with Crippen LogP contribution in [0.2, 0.25) is 0 Å². The smallest absolute Gasteiger partial charge is 0.255 e. The van der Waals surface area contributed by atoms with Gasteiger partial charge in [0.05, 0.1) is 37.7 Å². The molecular formula is C23H25N5O5. The fourth-order valence-corrected chi connectivity index (χ4v) is 2.93. The Morgan fingerprint density at radius 2 is 1.70 bits per heavy atom. The summed E-state index contributed by atoms with van der Waals surface area (Å²) in [5.74, 6) is 0.0168. The minimum Gasteiger partial charge on any atom is -0.497 e. The molecule has 0 aliphatic heterocycles. The topological polar surface area (TPSA) is 124 Å². The number of anilines is 2. The number of amides is 3. The molecule has 0 fully saturated rings. The zero-order chi connectivity index (χ0) is 23.6. The molecule has 3 amide bonds. The van der Waals surface area contributed by atoms with Gasteiger partial charge in [-0.05, 0) is 43.3 Å². The molecule has 10 nitrogen and oxygen atoms in total. The molecule has 172 valence electrons. The van der Waals surface area contributed by atoms with Crippen molar-refractivity contribution in [1.29, 1.82) is 0 Å². The van der Waals surface area contributed by atoms with Gasteiger partial charge < -0.3 is 25.4 Å². The Balaban J connectivity index is 1.47. The largest absolute Gasteiger partial charge is 0.497 e. The SMILES string of the molecule is CCOc1ccccc1C(=O)NCC(=O)Nc1cnn(CC(=O)Nc2ccc(OC)cc2)c1. The van der Waals surface area contributed by atoms with Crippen molar-refractivity contribution in [3.63, 3.8) is 0 Å². The Kier molecular flexibility index (Phi) is 8.01. The lowest BCUT2D eigenvalue weighted by Gasteiger charge is -2.10. The third kappa shape index (κ3) is 6.82. The first-order valence-corrected chi connectivity index (χ1v) is 10.2. The molecule has 3 aromatic rings. The van der Waals surface area contributed by atoms with E-state index in [-0.39, 0.29) is 19.0 Å². The summed E-state index contributed by atoms with van der Waals surface area (Å²) in [6.07, 6.45) is 2.95. The van der Waals surface area contributed by atoms with Gasteiger partial charge in [-0.1, -0.05) is 12.1 Å². The van der Waals surface area contributed by atoms with E-state index in [4.69, 9.17) is 9.47 Å². The molecule has 3 rings (SSSR count). The first-order chi connectivity index (χ1) is 16.0. The molecular weight excluding hydrogens is 426 g/mol. The number of para-hydroxylation sites is 1. The number of hydrogen-bond donors (Lipinski definition) is 3. The average molecular weight is 451 g/mol. The molecule has 0 aliphatic rings. The number of ether oxygens (including phenoxy) is 2. The van der Waals surface area contributed by atoms with Crippen LogP contribution in [0.1, 0.15) is 17.3 Å². The van der Waals surface area contributed by atoms with E-state index in [1.807, 2.05) is 6.92 Å². The van der Waals surface area contributed by atoms with Crippen LogP contribution in [0.15, 0.2) is 60.9 Å². The lowest BCUT2D eigenvalue weighted by molar-refractivity contribution is -0.117. The van der Waals surface area contributed by atoms with Gasteiger partial charge in [-0.3, -0.25) is 19.1 Å². The number of carbonyl (C=O) groups excluding carboxylic acids is 3. The maximum atomic E-state index is 12.4. The fraction of sp³-hybridized carbons (Fsp3) is 0.217. The molecule has 0 saturated heterocycles. The summed E-state index contributed by atoms with van der Waals surface area (Å²) in [5.41, 5.74) is 1.38. The average Bonchev–Trinajstić information content (AvgIpc) is 3.24. The van der Waals surface area contributed by atoms with Crippen molar-refractivity contribution in [3.05, 3.63) is 66.5 Å². The molecule has 1 aromatic heterocycles. The normalized spacial score (nSPS) is 10.2. The summed E-state index contributed by atoms with van der Waals surface area (Å²) in [6, 6.07) is 13.7. The zero-order valence-corrected chi connectivity index (χ0v) is 18.3. The molecule has 0 spiro atoms. The van der Waals surface area contributed by atoms with Gasteiger partial charge in [0, 0.05) is 11.9 Å². The maximum Gasteiger partial charge on any atom is 0.255 e. The van der Waals surface area contributed by atoms with Crippen LogP contribution in [0.4, 0.5) is 11.4 Å². The van der Waals surface area contributed by atoms with E-state index in [0.29, 0.717) is 35.0 Å². The van der Waals surface area contributed by atoms with E-state index in [9.17, 15) is 14.4 Å². The molecule has 1 heterocycles. The van der Waals surface area contributed by atoms with Crippen molar-refractivity contribution < 1.29 is 23.9 Å². The van der Waals surface area contributed by atoms with Crippen molar-refractivity contribution >= 4 is 29.1 Å². The Bertz CT molecular complexity index is 1110. The van der Waals surface area contributed by atoms with E-state index in [0.717, 1.165) is 0 Å². The second-order valence-electron chi connectivity index (χ2n) is 6.86. The number of aromatic nitrogens is 2. The summed E-state index contributed by atoms with van der Waals surface area (Å²) in [4.78, 5) is 36.8. The number of rotatable bonds is 10. The number of benzene rings is 2. The van der Waals surface area contributed by atoms with E-state index < -0.39 is 11.8 Å². The van der Waals surface area contributed by atoms with Crippen LogP contribution in [-0.2, 0) is 16.1 Å². The summed E-state index contributed by atoms with van der Waals surface area (Å²) < 4.78 is 11.9. The molecule has 0 unspecified atom stereocenters. The summed E-state index contributed by atoms with van der Waals surface area (Å²) in [7, 11) is 1.57. The minimum atomic E-state index is -0.431. The van der Waals surface area contributed by atoms with Crippen LogP contribution in [0.5, 0.6) is 11.5 Å². The molecule has 0 saturated carbocycles. The highest BCUT2D eigenvalue weighted by atomic mass is 16.5. The molecule has 0 atom stereocenters. The zero-order valence-electron chi connectivity index (χ0n) is 18.3. The van der Waals surface area contributed by atoms with E-state index in [1.54, 1.807) is 55.6 Å². The predicted molar refractivity (Wildman–Crippen MR) is 122 cm³/mol. The van der Waals surface area contributed by atoms with Crippen molar-refractivity contribution in [1.82, 2.24) is 15.1 Å².